The minimum absolute atomic E-state index is 0.0509. The molecule has 0 aromatic heterocycles. The zero-order valence-corrected chi connectivity index (χ0v) is 23.7. The molecular weight excluding hydrogens is 510 g/mol. The van der Waals surface area contributed by atoms with Gasteiger partial charge in [0.1, 0.15) is 12.6 Å². The molecule has 1 aliphatic rings. The van der Waals surface area contributed by atoms with E-state index in [-0.39, 0.29) is 24.4 Å². The number of halogens is 1. The van der Waals surface area contributed by atoms with Gasteiger partial charge in [0.25, 0.3) is 0 Å². The van der Waals surface area contributed by atoms with Crippen LogP contribution in [0.5, 0.6) is 0 Å². The van der Waals surface area contributed by atoms with E-state index >= 15 is 0 Å². The molecule has 7 nitrogen and oxygen atoms in total. The van der Waals surface area contributed by atoms with Gasteiger partial charge >= 0.3 is 0 Å². The summed E-state index contributed by atoms with van der Waals surface area (Å²) >= 11 is 6.40. The molecule has 0 heterocycles. The zero-order chi connectivity index (χ0) is 27.2. The molecule has 0 bridgehead atoms. The van der Waals surface area contributed by atoms with Crippen molar-refractivity contribution in [2.45, 2.75) is 77.4 Å². The molecule has 1 unspecified atom stereocenters. The Labute approximate surface area is 226 Å². The summed E-state index contributed by atoms with van der Waals surface area (Å²) in [5.41, 5.74) is 1.97. The Hall–Kier alpha value is -2.58. The van der Waals surface area contributed by atoms with Gasteiger partial charge in [0, 0.05) is 17.6 Å². The second kappa shape index (κ2) is 12.8. The number of carbonyl (C=O) groups is 2. The van der Waals surface area contributed by atoms with Gasteiger partial charge < -0.3 is 10.2 Å². The number of benzene rings is 2. The van der Waals surface area contributed by atoms with Gasteiger partial charge in [-0.05, 0) is 48.9 Å². The number of nitrogens with zero attached hydrogens (tertiary/aromatic N) is 2. The second-order valence-electron chi connectivity index (χ2n) is 10.1. The average molecular weight is 548 g/mol. The first kappa shape index (κ1) is 29.0. The van der Waals surface area contributed by atoms with Crippen molar-refractivity contribution in [3.8, 4) is 0 Å². The molecule has 9 heteroatoms. The maximum absolute atomic E-state index is 13.8. The third-order valence-electron chi connectivity index (χ3n) is 6.92. The van der Waals surface area contributed by atoms with Gasteiger partial charge in [-0.2, -0.15) is 0 Å². The third-order valence-corrected chi connectivity index (χ3v) is 8.42. The smallest absolute Gasteiger partial charge is 0.244 e. The molecule has 2 aromatic carbocycles. The van der Waals surface area contributed by atoms with Crippen LogP contribution < -0.4 is 9.62 Å². The van der Waals surface area contributed by atoms with Crippen molar-refractivity contribution in [3.63, 3.8) is 0 Å². The Morgan fingerprint density at radius 2 is 1.62 bits per heavy atom. The van der Waals surface area contributed by atoms with Crippen molar-refractivity contribution >= 4 is 39.1 Å². The quantitative estimate of drug-likeness (QED) is 0.448. The molecule has 37 heavy (non-hydrogen) atoms. The lowest BCUT2D eigenvalue weighted by atomic mass is 9.95. The number of amides is 2. The zero-order valence-electron chi connectivity index (χ0n) is 22.1. The minimum atomic E-state index is -3.79. The van der Waals surface area contributed by atoms with Crippen LogP contribution in [0, 0.1) is 0 Å². The van der Waals surface area contributed by atoms with Crippen LogP contribution in [-0.4, -0.2) is 50.0 Å². The average Bonchev–Trinajstić information content (AvgIpc) is 2.86. The molecule has 1 fully saturated rings. The summed E-state index contributed by atoms with van der Waals surface area (Å²) in [5, 5.41) is 3.57. The Bertz CT molecular complexity index is 1200. The number of carbonyl (C=O) groups excluding carboxylic acids is 2. The molecule has 0 radical (unpaired) electrons. The molecule has 2 amide bonds. The van der Waals surface area contributed by atoms with E-state index in [1.807, 2.05) is 32.0 Å². The first-order chi connectivity index (χ1) is 17.5. The van der Waals surface area contributed by atoms with Crippen LogP contribution in [0.3, 0.4) is 0 Å². The summed E-state index contributed by atoms with van der Waals surface area (Å²) in [6.45, 7) is 5.29. The SMILES string of the molecule is CC(C)c1ccccc1N(CC(=O)N(Cc1ccccc1Cl)C(C)C(=O)NC1CCCCC1)S(C)(=O)=O. The number of sulfonamides is 1. The van der Waals surface area contributed by atoms with Crippen molar-refractivity contribution < 1.29 is 18.0 Å². The number of anilines is 1. The van der Waals surface area contributed by atoms with E-state index in [2.05, 4.69) is 5.32 Å². The van der Waals surface area contributed by atoms with E-state index in [1.54, 1.807) is 37.3 Å². The Kier molecular flexibility index (Phi) is 10.0. The predicted molar refractivity (Wildman–Crippen MR) is 149 cm³/mol. The maximum atomic E-state index is 13.8. The summed E-state index contributed by atoms with van der Waals surface area (Å²) in [6.07, 6.45) is 6.24. The Morgan fingerprint density at radius 3 is 2.24 bits per heavy atom. The van der Waals surface area contributed by atoms with Crippen molar-refractivity contribution in [2.75, 3.05) is 17.1 Å². The fourth-order valence-corrected chi connectivity index (χ4v) is 5.82. The topological polar surface area (TPSA) is 86.8 Å². The van der Waals surface area contributed by atoms with Crippen LogP contribution in [0.1, 0.15) is 69.9 Å². The fraction of sp³-hybridized carbons (Fsp3) is 0.500. The second-order valence-corrected chi connectivity index (χ2v) is 12.4. The van der Waals surface area contributed by atoms with E-state index in [1.165, 1.54) is 4.90 Å². The van der Waals surface area contributed by atoms with Gasteiger partial charge in [-0.25, -0.2) is 8.42 Å². The Morgan fingerprint density at radius 1 is 1.00 bits per heavy atom. The third kappa shape index (κ3) is 7.71. The van der Waals surface area contributed by atoms with Crippen LogP contribution in [-0.2, 0) is 26.2 Å². The number of hydrogen-bond acceptors (Lipinski definition) is 4. The van der Waals surface area contributed by atoms with Crippen LogP contribution in [0.25, 0.3) is 0 Å². The lowest BCUT2D eigenvalue weighted by Gasteiger charge is -2.33. The maximum Gasteiger partial charge on any atom is 0.244 e. The van der Waals surface area contributed by atoms with Gasteiger partial charge in [-0.15, -0.1) is 0 Å². The summed E-state index contributed by atoms with van der Waals surface area (Å²) in [7, 11) is -3.79. The Balaban J connectivity index is 1.93. The largest absolute Gasteiger partial charge is 0.352 e. The molecule has 3 rings (SSSR count). The monoisotopic (exact) mass is 547 g/mol. The van der Waals surface area contributed by atoms with Gasteiger partial charge in [0.05, 0.1) is 11.9 Å². The summed E-state index contributed by atoms with van der Waals surface area (Å²) in [4.78, 5) is 28.5. The number of nitrogens with one attached hydrogen (secondary N) is 1. The first-order valence-electron chi connectivity index (χ1n) is 12.9. The molecular formula is C28H38ClN3O4S. The number of rotatable bonds is 10. The highest BCUT2D eigenvalue weighted by atomic mass is 35.5. The van der Waals surface area contributed by atoms with E-state index in [9.17, 15) is 18.0 Å². The van der Waals surface area contributed by atoms with Gasteiger partial charge in [-0.1, -0.05) is 81.1 Å². The molecule has 1 N–H and O–H groups in total. The minimum Gasteiger partial charge on any atom is -0.352 e. The highest BCUT2D eigenvalue weighted by molar-refractivity contribution is 7.92. The van der Waals surface area contributed by atoms with Crippen LogP contribution in [0.4, 0.5) is 5.69 Å². The lowest BCUT2D eigenvalue weighted by Crippen LogP contribution is -2.53. The molecule has 0 saturated heterocycles. The van der Waals surface area contributed by atoms with E-state index in [0.29, 0.717) is 16.3 Å². The van der Waals surface area contributed by atoms with Crippen molar-refractivity contribution in [1.29, 1.82) is 0 Å². The predicted octanol–water partition coefficient (Wildman–Crippen LogP) is 5.10. The van der Waals surface area contributed by atoms with E-state index in [4.69, 9.17) is 11.6 Å². The molecule has 1 saturated carbocycles. The number of hydrogen-bond donors (Lipinski definition) is 1. The first-order valence-corrected chi connectivity index (χ1v) is 15.1. The normalized spacial score (nSPS) is 15.3. The van der Waals surface area contributed by atoms with Crippen molar-refractivity contribution in [2.24, 2.45) is 0 Å². The van der Waals surface area contributed by atoms with Crippen molar-refractivity contribution in [1.82, 2.24) is 10.2 Å². The molecule has 0 aliphatic heterocycles. The molecule has 1 aliphatic carbocycles. The van der Waals surface area contributed by atoms with E-state index < -0.39 is 28.5 Å². The van der Waals surface area contributed by atoms with Gasteiger partial charge in [0.15, 0.2) is 0 Å². The molecule has 2 aromatic rings. The molecule has 0 spiro atoms. The van der Waals surface area contributed by atoms with Crippen LogP contribution >= 0.6 is 11.6 Å². The van der Waals surface area contributed by atoms with Crippen LogP contribution in [0.2, 0.25) is 5.02 Å². The summed E-state index contributed by atoms with van der Waals surface area (Å²) in [5.74, 6) is -0.675. The lowest BCUT2D eigenvalue weighted by molar-refractivity contribution is -0.139. The summed E-state index contributed by atoms with van der Waals surface area (Å²) in [6, 6.07) is 13.6. The van der Waals surface area contributed by atoms with Gasteiger partial charge in [0.2, 0.25) is 21.8 Å². The number of para-hydroxylation sites is 1. The standard InChI is InChI=1S/C28H38ClN3O4S/c1-20(2)24-15-9-11-17-26(24)32(37(4,35)36)19-27(33)31(18-22-12-8-10-16-25(22)29)21(3)28(34)30-23-13-6-5-7-14-23/h8-12,15-17,20-21,23H,5-7,13-14,18-19H2,1-4H3,(H,30,34). The highest BCUT2D eigenvalue weighted by Crippen LogP contribution is 2.29. The van der Waals surface area contributed by atoms with Gasteiger partial charge in [-0.3, -0.25) is 13.9 Å². The van der Waals surface area contributed by atoms with Crippen molar-refractivity contribution in [3.05, 3.63) is 64.7 Å². The molecule has 1 atom stereocenters. The fourth-order valence-electron chi connectivity index (χ4n) is 4.76. The summed E-state index contributed by atoms with van der Waals surface area (Å²) < 4.78 is 26.9. The highest BCUT2D eigenvalue weighted by Gasteiger charge is 2.32. The molecule has 202 valence electrons. The van der Waals surface area contributed by atoms with Crippen LogP contribution in [0.15, 0.2) is 48.5 Å². The van der Waals surface area contributed by atoms with E-state index in [0.717, 1.165) is 48.2 Å².